The van der Waals surface area contributed by atoms with E-state index >= 15 is 0 Å². The van der Waals surface area contributed by atoms with Gasteiger partial charge in [0.05, 0.1) is 17.6 Å². The Morgan fingerprint density at radius 2 is 2.16 bits per heavy atom. The van der Waals surface area contributed by atoms with Gasteiger partial charge in [-0.25, -0.2) is 13.4 Å². The van der Waals surface area contributed by atoms with Gasteiger partial charge >= 0.3 is 0 Å². The highest BCUT2D eigenvalue weighted by Crippen LogP contribution is 2.18. The molecule has 0 amide bonds. The van der Waals surface area contributed by atoms with Gasteiger partial charge in [0, 0.05) is 17.8 Å². The Kier molecular flexibility index (Phi) is 3.93. The third-order valence-electron chi connectivity index (χ3n) is 2.75. The molecule has 1 unspecified atom stereocenters. The average Bonchev–Trinajstić information content (AvgIpc) is 2.55. The summed E-state index contributed by atoms with van der Waals surface area (Å²) in [5.41, 5.74) is 0.786. The van der Waals surface area contributed by atoms with Gasteiger partial charge in [0.15, 0.2) is 9.84 Å². The van der Waals surface area contributed by atoms with Gasteiger partial charge in [-0.2, -0.15) is 4.98 Å². The van der Waals surface area contributed by atoms with Crippen molar-refractivity contribution in [2.24, 2.45) is 0 Å². The quantitative estimate of drug-likeness (QED) is 0.894. The Bertz CT molecular complexity index is 557. The fourth-order valence-corrected chi connectivity index (χ4v) is 3.67. The molecule has 1 aromatic rings. The van der Waals surface area contributed by atoms with E-state index in [1.165, 1.54) is 0 Å². The highest BCUT2D eigenvalue weighted by atomic mass is 32.2. The molecule has 0 bridgehead atoms. The van der Waals surface area contributed by atoms with Crippen molar-refractivity contribution in [1.82, 2.24) is 9.97 Å². The number of nitrogens with one attached hydrogen (secondary N) is 1. The molecule has 2 rings (SSSR count). The van der Waals surface area contributed by atoms with Gasteiger partial charge in [0.1, 0.15) is 0 Å². The molecule has 106 valence electrons. The van der Waals surface area contributed by atoms with E-state index in [9.17, 15) is 8.42 Å². The van der Waals surface area contributed by atoms with Crippen molar-refractivity contribution in [1.29, 1.82) is 0 Å². The SMILES string of the molecule is Cc1cc(OC(C)C)nc(NC2CCS(=O)(=O)C2)n1. The zero-order valence-electron chi connectivity index (χ0n) is 11.4. The fraction of sp³-hybridized carbons (Fsp3) is 0.667. The largest absolute Gasteiger partial charge is 0.475 e. The summed E-state index contributed by atoms with van der Waals surface area (Å²) in [5.74, 6) is 1.31. The molecule has 1 saturated heterocycles. The summed E-state index contributed by atoms with van der Waals surface area (Å²) in [4.78, 5) is 8.50. The van der Waals surface area contributed by atoms with Crippen LogP contribution in [0.1, 0.15) is 26.0 Å². The van der Waals surface area contributed by atoms with Crippen LogP contribution in [0.3, 0.4) is 0 Å². The maximum Gasteiger partial charge on any atom is 0.226 e. The van der Waals surface area contributed by atoms with Crippen LogP contribution in [0.5, 0.6) is 5.88 Å². The second-order valence-electron chi connectivity index (χ2n) is 5.08. The lowest BCUT2D eigenvalue weighted by molar-refractivity contribution is 0.232. The maximum atomic E-state index is 11.4. The molecule has 0 aliphatic carbocycles. The van der Waals surface area contributed by atoms with E-state index in [2.05, 4.69) is 15.3 Å². The van der Waals surface area contributed by atoms with Crippen molar-refractivity contribution in [2.45, 2.75) is 39.3 Å². The van der Waals surface area contributed by atoms with Crippen molar-refractivity contribution in [3.05, 3.63) is 11.8 Å². The molecule has 1 aliphatic rings. The van der Waals surface area contributed by atoms with Gasteiger partial charge in [-0.3, -0.25) is 0 Å². The molecule has 7 heteroatoms. The van der Waals surface area contributed by atoms with Crippen LogP contribution in [0.15, 0.2) is 6.07 Å². The molecule has 1 N–H and O–H groups in total. The summed E-state index contributed by atoms with van der Waals surface area (Å²) in [6, 6.07) is 1.65. The summed E-state index contributed by atoms with van der Waals surface area (Å²) < 4.78 is 28.3. The Hall–Kier alpha value is -1.37. The molecule has 0 aromatic carbocycles. The highest BCUT2D eigenvalue weighted by molar-refractivity contribution is 7.91. The number of hydrogen-bond acceptors (Lipinski definition) is 6. The summed E-state index contributed by atoms with van der Waals surface area (Å²) in [7, 11) is -2.90. The molecule has 0 radical (unpaired) electrons. The van der Waals surface area contributed by atoms with E-state index < -0.39 is 9.84 Å². The Morgan fingerprint density at radius 3 is 2.74 bits per heavy atom. The Morgan fingerprint density at radius 1 is 1.42 bits per heavy atom. The van der Waals surface area contributed by atoms with Crippen LogP contribution in [0.4, 0.5) is 5.95 Å². The molecule has 1 aliphatic heterocycles. The normalized spacial score (nSPS) is 21.6. The van der Waals surface area contributed by atoms with E-state index in [0.29, 0.717) is 18.2 Å². The van der Waals surface area contributed by atoms with Crippen molar-refractivity contribution >= 4 is 15.8 Å². The zero-order valence-corrected chi connectivity index (χ0v) is 12.2. The lowest BCUT2D eigenvalue weighted by atomic mass is 10.3. The molecule has 19 heavy (non-hydrogen) atoms. The van der Waals surface area contributed by atoms with Crippen molar-refractivity contribution < 1.29 is 13.2 Å². The molecule has 0 saturated carbocycles. The summed E-state index contributed by atoms with van der Waals surface area (Å²) >= 11 is 0. The lowest BCUT2D eigenvalue weighted by Gasteiger charge is -2.14. The number of aromatic nitrogens is 2. The van der Waals surface area contributed by atoms with Crippen LogP contribution in [0.25, 0.3) is 0 Å². The summed E-state index contributed by atoms with van der Waals surface area (Å²) in [6.07, 6.45) is 0.633. The van der Waals surface area contributed by atoms with E-state index in [1.54, 1.807) is 6.07 Å². The lowest BCUT2D eigenvalue weighted by Crippen LogP contribution is -2.22. The zero-order chi connectivity index (χ0) is 14.0. The molecular weight excluding hydrogens is 266 g/mol. The monoisotopic (exact) mass is 285 g/mol. The first-order valence-corrected chi connectivity index (χ1v) is 8.15. The first-order chi connectivity index (χ1) is 8.84. The van der Waals surface area contributed by atoms with E-state index in [4.69, 9.17) is 4.74 Å². The first-order valence-electron chi connectivity index (χ1n) is 6.33. The number of sulfone groups is 1. The minimum absolute atomic E-state index is 0.0361. The standard InChI is InChI=1S/C12H19N3O3S/c1-8(2)18-11-6-9(3)13-12(15-11)14-10-4-5-19(16,17)7-10/h6,8,10H,4-5,7H2,1-3H3,(H,13,14,15). The Balaban J connectivity index is 2.10. The summed E-state index contributed by atoms with van der Waals surface area (Å²) in [6.45, 7) is 5.70. The van der Waals surface area contributed by atoms with Gasteiger partial charge in [-0.1, -0.05) is 0 Å². The second kappa shape index (κ2) is 5.32. The van der Waals surface area contributed by atoms with Gasteiger partial charge < -0.3 is 10.1 Å². The maximum absolute atomic E-state index is 11.4. The first kappa shape index (κ1) is 14.0. The predicted molar refractivity (Wildman–Crippen MR) is 73.2 cm³/mol. The van der Waals surface area contributed by atoms with E-state index in [0.717, 1.165) is 5.69 Å². The molecule has 2 heterocycles. The minimum atomic E-state index is -2.90. The smallest absolute Gasteiger partial charge is 0.226 e. The van der Waals surface area contributed by atoms with Gasteiger partial charge in [-0.05, 0) is 27.2 Å². The van der Waals surface area contributed by atoms with Crippen LogP contribution in [0, 0.1) is 6.92 Å². The van der Waals surface area contributed by atoms with Crippen LogP contribution in [-0.4, -0.2) is 42.0 Å². The fourth-order valence-electron chi connectivity index (χ4n) is 2.00. The highest BCUT2D eigenvalue weighted by Gasteiger charge is 2.28. The van der Waals surface area contributed by atoms with Crippen LogP contribution in [0.2, 0.25) is 0 Å². The number of rotatable bonds is 4. The third-order valence-corrected chi connectivity index (χ3v) is 4.52. The van der Waals surface area contributed by atoms with Crippen LogP contribution >= 0.6 is 0 Å². The molecule has 6 nitrogen and oxygen atoms in total. The number of aryl methyl sites for hydroxylation is 1. The van der Waals surface area contributed by atoms with Gasteiger partial charge in [-0.15, -0.1) is 0 Å². The topological polar surface area (TPSA) is 81.2 Å². The predicted octanol–water partition coefficient (Wildman–Crippen LogP) is 1.17. The molecular formula is C12H19N3O3S. The molecule has 1 aromatic heterocycles. The number of nitrogens with zero attached hydrogens (tertiary/aromatic N) is 2. The minimum Gasteiger partial charge on any atom is -0.475 e. The molecule has 1 atom stereocenters. The second-order valence-corrected chi connectivity index (χ2v) is 7.31. The summed E-state index contributed by atoms with van der Waals surface area (Å²) in [5, 5.41) is 3.07. The van der Waals surface area contributed by atoms with Crippen LogP contribution in [-0.2, 0) is 9.84 Å². The van der Waals surface area contributed by atoms with E-state index in [-0.39, 0.29) is 23.7 Å². The third kappa shape index (κ3) is 4.05. The van der Waals surface area contributed by atoms with Gasteiger partial charge in [0.2, 0.25) is 11.8 Å². The van der Waals surface area contributed by atoms with Gasteiger partial charge in [0.25, 0.3) is 0 Å². The van der Waals surface area contributed by atoms with Crippen molar-refractivity contribution in [3.63, 3.8) is 0 Å². The number of hydrogen-bond donors (Lipinski definition) is 1. The van der Waals surface area contributed by atoms with Crippen molar-refractivity contribution in [3.8, 4) is 5.88 Å². The Labute approximate surface area is 113 Å². The van der Waals surface area contributed by atoms with E-state index in [1.807, 2.05) is 20.8 Å². The number of anilines is 1. The average molecular weight is 285 g/mol. The molecule has 0 spiro atoms. The number of ether oxygens (including phenoxy) is 1. The van der Waals surface area contributed by atoms with Crippen LogP contribution < -0.4 is 10.1 Å². The molecule has 1 fully saturated rings. The van der Waals surface area contributed by atoms with Crippen molar-refractivity contribution in [2.75, 3.05) is 16.8 Å².